The number of nitrogens with zero attached hydrogens (tertiary/aromatic N) is 1. The van der Waals surface area contributed by atoms with Crippen LogP contribution in [0.15, 0.2) is 29.3 Å². The molecule has 1 aromatic rings. The van der Waals surface area contributed by atoms with Gasteiger partial charge in [-0.25, -0.2) is 0 Å². The molecule has 1 saturated heterocycles. The van der Waals surface area contributed by atoms with Gasteiger partial charge in [0, 0.05) is 43.6 Å². The third-order valence-electron chi connectivity index (χ3n) is 5.45. The molecule has 3 N–H and O–H groups in total. The van der Waals surface area contributed by atoms with E-state index in [0.717, 1.165) is 36.2 Å². The molecule has 3 unspecified atom stereocenters. The zero-order valence-electron chi connectivity index (χ0n) is 17.3. The van der Waals surface area contributed by atoms with Crippen molar-refractivity contribution in [2.75, 3.05) is 26.5 Å². The molecule has 3 rings (SSSR count). The van der Waals surface area contributed by atoms with Crippen molar-refractivity contribution in [1.82, 2.24) is 16.0 Å². The van der Waals surface area contributed by atoms with E-state index in [9.17, 15) is 4.79 Å². The number of hydrogen-bond donors (Lipinski definition) is 3. The smallest absolute Gasteiger partial charge is 0.251 e. The Labute approximate surface area is 195 Å². The minimum absolute atomic E-state index is 0. The fraction of sp³-hybridized carbons (Fsp3) is 0.619. The zero-order valence-corrected chi connectivity index (χ0v) is 20.4. The summed E-state index contributed by atoms with van der Waals surface area (Å²) in [4.78, 5) is 16.8. The van der Waals surface area contributed by atoms with Gasteiger partial charge < -0.3 is 20.7 Å². The van der Waals surface area contributed by atoms with Crippen LogP contribution in [0.1, 0.15) is 48.0 Å². The van der Waals surface area contributed by atoms with Crippen LogP contribution in [-0.2, 0) is 11.3 Å². The Kier molecular flexibility index (Phi) is 10.6. The van der Waals surface area contributed by atoms with Crippen LogP contribution >= 0.6 is 35.7 Å². The molecule has 6 nitrogen and oxygen atoms in total. The number of thioether (sulfide) groups is 1. The summed E-state index contributed by atoms with van der Waals surface area (Å²) in [6.07, 6.45) is 8.08. The summed E-state index contributed by atoms with van der Waals surface area (Å²) in [6, 6.07) is 8.22. The number of ether oxygens (including phenoxy) is 1. The van der Waals surface area contributed by atoms with E-state index in [2.05, 4.69) is 27.2 Å². The van der Waals surface area contributed by atoms with E-state index in [4.69, 9.17) is 4.74 Å². The minimum Gasteiger partial charge on any atom is -0.376 e. The molecule has 1 saturated carbocycles. The topological polar surface area (TPSA) is 74.8 Å². The summed E-state index contributed by atoms with van der Waals surface area (Å²) in [5.74, 6) is 0.772. The first-order chi connectivity index (χ1) is 13.7. The third-order valence-corrected chi connectivity index (χ3v) is 6.54. The first kappa shape index (κ1) is 24.3. The van der Waals surface area contributed by atoms with Crippen molar-refractivity contribution in [3.8, 4) is 0 Å². The highest BCUT2D eigenvalue weighted by atomic mass is 127. The van der Waals surface area contributed by atoms with Crippen LogP contribution in [0.3, 0.4) is 0 Å². The second-order valence-corrected chi connectivity index (χ2v) is 8.62. The molecule has 0 bridgehead atoms. The Hall–Kier alpha value is -1.00. The lowest BCUT2D eigenvalue weighted by Gasteiger charge is -2.17. The van der Waals surface area contributed by atoms with Crippen molar-refractivity contribution in [2.24, 2.45) is 4.99 Å². The molecule has 2 aliphatic rings. The van der Waals surface area contributed by atoms with Gasteiger partial charge in [-0.05, 0) is 56.1 Å². The molecular weight excluding hydrogens is 499 g/mol. The predicted molar refractivity (Wildman–Crippen MR) is 131 cm³/mol. The number of carbonyl (C=O) groups excluding carboxylic acids is 1. The molecule has 0 radical (unpaired) electrons. The first-order valence-electron chi connectivity index (χ1n) is 10.2. The maximum absolute atomic E-state index is 12.4. The summed E-state index contributed by atoms with van der Waals surface area (Å²) in [7, 11) is 1.80. The second-order valence-electron chi connectivity index (χ2n) is 7.48. The average molecular weight is 532 g/mol. The van der Waals surface area contributed by atoms with Gasteiger partial charge in [0.2, 0.25) is 0 Å². The predicted octanol–water partition coefficient (Wildman–Crippen LogP) is 3.16. The molecule has 0 aromatic heterocycles. The molecule has 0 spiro atoms. The van der Waals surface area contributed by atoms with Crippen LogP contribution in [0, 0.1) is 0 Å². The van der Waals surface area contributed by atoms with Gasteiger partial charge in [-0.2, -0.15) is 11.8 Å². The van der Waals surface area contributed by atoms with Crippen molar-refractivity contribution >= 4 is 47.6 Å². The Bertz CT molecular complexity index is 682. The number of nitrogens with one attached hydrogen (secondary N) is 3. The summed E-state index contributed by atoms with van der Waals surface area (Å²) >= 11 is 1.95. The summed E-state index contributed by atoms with van der Waals surface area (Å²) in [5, 5.41) is 10.6. The highest BCUT2D eigenvalue weighted by Crippen LogP contribution is 2.28. The van der Waals surface area contributed by atoms with E-state index < -0.39 is 0 Å². The van der Waals surface area contributed by atoms with Crippen molar-refractivity contribution < 1.29 is 9.53 Å². The number of rotatable bonds is 7. The number of benzene rings is 1. The van der Waals surface area contributed by atoms with E-state index in [0.29, 0.717) is 24.7 Å². The van der Waals surface area contributed by atoms with Crippen LogP contribution < -0.4 is 16.0 Å². The Morgan fingerprint density at radius 2 is 2.14 bits per heavy atom. The zero-order chi connectivity index (χ0) is 19.8. The fourth-order valence-corrected chi connectivity index (χ4v) is 4.59. The Balaban J connectivity index is 0.00000300. The van der Waals surface area contributed by atoms with Gasteiger partial charge in [0.25, 0.3) is 5.91 Å². The molecule has 2 fully saturated rings. The number of guanidine groups is 1. The van der Waals surface area contributed by atoms with Crippen LogP contribution in [0.25, 0.3) is 0 Å². The van der Waals surface area contributed by atoms with Gasteiger partial charge in [-0.15, -0.1) is 24.0 Å². The number of hydrogen-bond acceptors (Lipinski definition) is 4. The summed E-state index contributed by atoms with van der Waals surface area (Å²) in [6.45, 7) is 2.01. The van der Waals surface area contributed by atoms with Crippen LogP contribution in [-0.4, -0.2) is 55.7 Å². The van der Waals surface area contributed by atoms with Crippen LogP contribution in [0.5, 0.6) is 0 Å². The number of aliphatic imine (C=N–C) groups is 1. The molecule has 1 aromatic carbocycles. The van der Waals surface area contributed by atoms with Gasteiger partial charge in [0.1, 0.15) is 0 Å². The number of carbonyl (C=O) groups is 1. The molecular formula is C21H33IN4O2S. The maximum Gasteiger partial charge on any atom is 0.251 e. The summed E-state index contributed by atoms with van der Waals surface area (Å²) in [5.41, 5.74) is 1.74. The van der Waals surface area contributed by atoms with E-state index in [1.54, 1.807) is 7.05 Å². The van der Waals surface area contributed by atoms with E-state index in [-0.39, 0.29) is 36.0 Å². The quantitative estimate of drug-likeness (QED) is 0.286. The van der Waals surface area contributed by atoms with Crippen molar-refractivity contribution in [2.45, 2.75) is 56.0 Å². The Morgan fingerprint density at radius 1 is 1.28 bits per heavy atom. The van der Waals surface area contributed by atoms with Crippen molar-refractivity contribution in [3.63, 3.8) is 0 Å². The molecule has 1 heterocycles. The molecule has 3 atom stereocenters. The van der Waals surface area contributed by atoms with Gasteiger partial charge in [-0.3, -0.25) is 9.79 Å². The number of amides is 1. The van der Waals surface area contributed by atoms with E-state index >= 15 is 0 Å². The lowest BCUT2D eigenvalue weighted by molar-refractivity contribution is 0.0857. The van der Waals surface area contributed by atoms with Gasteiger partial charge >= 0.3 is 0 Å². The molecule has 29 heavy (non-hydrogen) atoms. The van der Waals surface area contributed by atoms with Crippen LogP contribution in [0.2, 0.25) is 0 Å². The molecule has 1 amide bonds. The number of halogens is 1. The van der Waals surface area contributed by atoms with Gasteiger partial charge in [-0.1, -0.05) is 12.1 Å². The molecule has 8 heteroatoms. The standard InChI is InChI=1S/C21H32N4O2S.HI/c1-22-21(25-17-8-9-19(12-17)28-2)24-13-15-5-3-6-16(11-15)20(26)23-14-18-7-4-10-27-18;/h3,5-6,11,17-19H,4,7-10,12-14H2,1-2H3,(H,23,26)(H2,22,24,25);1H. The van der Waals surface area contributed by atoms with Crippen LogP contribution in [0.4, 0.5) is 0 Å². The summed E-state index contributed by atoms with van der Waals surface area (Å²) < 4.78 is 5.56. The first-order valence-corrected chi connectivity index (χ1v) is 11.5. The van der Waals surface area contributed by atoms with Crippen molar-refractivity contribution in [1.29, 1.82) is 0 Å². The third kappa shape index (κ3) is 7.64. The molecule has 1 aliphatic carbocycles. The van der Waals surface area contributed by atoms with E-state index in [1.165, 1.54) is 19.3 Å². The molecule has 1 aliphatic heterocycles. The van der Waals surface area contributed by atoms with E-state index in [1.807, 2.05) is 36.0 Å². The average Bonchev–Trinajstić information content (AvgIpc) is 3.41. The second kappa shape index (κ2) is 12.6. The fourth-order valence-electron chi connectivity index (χ4n) is 3.80. The highest BCUT2D eigenvalue weighted by Gasteiger charge is 2.24. The van der Waals surface area contributed by atoms with Crippen molar-refractivity contribution in [3.05, 3.63) is 35.4 Å². The molecule has 162 valence electrons. The Morgan fingerprint density at radius 3 is 2.83 bits per heavy atom. The highest BCUT2D eigenvalue weighted by molar-refractivity contribution is 14.0. The minimum atomic E-state index is -0.0473. The largest absolute Gasteiger partial charge is 0.376 e. The lowest BCUT2D eigenvalue weighted by Crippen LogP contribution is -2.42. The maximum atomic E-state index is 12.4. The van der Waals surface area contributed by atoms with Gasteiger partial charge in [0.15, 0.2) is 5.96 Å². The monoisotopic (exact) mass is 532 g/mol. The lowest BCUT2D eigenvalue weighted by atomic mass is 10.1. The van der Waals surface area contributed by atoms with Gasteiger partial charge in [0.05, 0.1) is 6.10 Å². The normalized spacial score (nSPS) is 24.1. The SMILES string of the molecule is CN=C(NCc1cccc(C(=O)NCC2CCCO2)c1)NC1CCC(SC)C1.I.